The Labute approximate surface area is 167 Å². The third-order valence-corrected chi connectivity index (χ3v) is 3.86. The molecule has 0 aliphatic heterocycles. The zero-order chi connectivity index (χ0) is 20.8. The Morgan fingerprint density at radius 2 is 1.55 bits per heavy atom. The van der Waals surface area contributed by atoms with Crippen molar-refractivity contribution in [1.29, 1.82) is 0 Å². The van der Waals surface area contributed by atoms with Crippen molar-refractivity contribution in [1.82, 2.24) is 4.98 Å². The molecule has 148 valence electrons. The number of hydrogen-bond acceptors (Lipinski definition) is 4. The van der Waals surface area contributed by atoms with Crippen LogP contribution in [0.1, 0.15) is 34.6 Å². The second kappa shape index (κ2) is 8.97. The van der Waals surface area contributed by atoms with Gasteiger partial charge in [0, 0.05) is 18.1 Å². The average Bonchev–Trinajstić information content (AvgIpc) is 2.71. The highest BCUT2D eigenvalue weighted by atomic mass is 19.1. The fourth-order valence-corrected chi connectivity index (χ4v) is 2.55. The van der Waals surface area contributed by atoms with Gasteiger partial charge in [-0.05, 0) is 56.3 Å². The molecular formula is C22H20FN3O3. The van der Waals surface area contributed by atoms with Gasteiger partial charge in [-0.15, -0.1) is 0 Å². The van der Waals surface area contributed by atoms with E-state index in [-0.39, 0.29) is 17.2 Å². The molecule has 0 spiro atoms. The summed E-state index contributed by atoms with van der Waals surface area (Å²) in [6.45, 7) is 3.79. The highest BCUT2D eigenvalue weighted by Crippen LogP contribution is 2.25. The number of halogens is 1. The molecule has 1 aromatic heterocycles. The first-order valence-electron chi connectivity index (χ1n) is 9.01. The standard InChI is InChI=1S/C22H20FN3O3/c1-14(2)29-20-6-4-3-5-19(20)26-22(28)16-11-15(12-24-13-16)21(27)25-18-9-7-17(23)8-10-18/h3-14H,1-2H3,(H,25,27)(H,26,28). The Kier molecular flexibility index (Phi) is 6.19. The summed E-state index contributed by atoms with van der Waals surface area (Å²) in [5.41, 5.74) is 1.38. The number of carbonyl (C=O) groups is 2. The van der Waals surface area contributed by atoms with Gasteiger partial charge >= 0.3 is 0 Å². The minimum atomic E-state index is -0.456. The molecule has 29 heavy (non-hydrogen) atoms. The number of carbonyl (C=O) groups excluding carboxylic acids is 2. The SMILES string of the molecule is CC(C)Oc1ccccc1NC(=O)c1cncc(C(=O)Nc2ccc(F)cc2)c1. The first-order chi connectivity index (χ1) is 13.9. The number of amides is 2. The quantitative estimate of drug-likeness (QED) is 0.646. The third-order valence-electron chi connectivity index (χ3n) is 3.86. The lowest BCUT2D eigenvalue weighted by Crippen LogP contribution is -2.17. The summed E-state index contributed by atoms with van der Waals surface area (Å²) in [6.07, 6.45) is 2.68. The van der Waals surface area contributed by atoms with Gasteiger partial charge in [-0.25, -0.2) is 4.39 Å². The van der Waals surface area contributed by atoms with Crippen molar-refractivity contribution in [3.8, 4) is 5.75 Å². The molecule has 2 aromatic carbocycles. The number of aromatic nitrogens is 1. The van der Waals surface area contributed by atoms with E-state index in [4.69, 9.17) is 4.74 Å². The van der Waals surface area contributed by atoms with E-state index in [1.807, 2.05) is 19.9 Å². The van der Waals surface area contributed by atoms with Crippen LogP contribution in [0.15, 0.2) is 67.0 Å². The summed E-state index contributed by atoms with van der Waals surface area (Å²) in [6, 6.07) is 13.9. The molecule has 0 aliphatic rings. The van der Waals surface area contributed by atoms with Gasteiger partial charge in [-0.3, -0.25) is 14.6 Å². The number of hydrogen-bond donors (Lipinski definition) is 2. The average molecular weight is 393 g/mol. The minimum absolute atomic E-state index is 0.0480. The van der Waals surface area contributed by atoms with Crippen molar-refractivity contribution in [3.63, 3.8) is 0 Å². The minimum Gasteiger partial charge on any atom is -0.489 e. The number of anilines is 2. The fraction of sp³-hybridized carbons (Fsp3) is 0.136. The van der Waals surface area contributed by atoms with E-state index in [1.165, 1.54) is 42.7 Å². The topological polar surface area (TPSA) is 80.3 Å². The molecule has 3 aromatic rings. The van der Waals surface area contributed by atoms with E-state index in [9.17, 15) is 14.0 Å². The van der Waals surface area contributed by atoms with Crippen LogP contribution in [0.5, 0.6) is 5.75 Å². The van der Waals surface area contributed by atoms with Crippen LogP contribution in [-0.4, -0.2) is 22.9 Å². The number of para-hydroxylation sites is 2. The Bertz CT molecular complexity index is 1020. The second-order valence-corrected chi connectivity index (χ2v) is 6.54. The van der Waals surface area contributed by atoms with Crippen LogP contribution in [0.4, 0.5) is 15.8 Å². The van der Waals surface area contributed by atoms with Gasteiger partial charge in [0.25, 0.3) is 11.8 Å². The second-order valence-electron chi connectivity index (χ2n) is 6.54. The van der Waals surface area contributed by atoms with Crippen LogP contribution in [0.2, 0.25) is 0 Å². The molecule has 0 saturated carbocycles. The predicted octanol–water partition coefficient (Wildman–Crippen LogP) is 4.51. The van der Waals surface area contributed by atoms with Crippen LogP contribution >= 0.6 is 0 Å². The maximum atomic E-state index is 13.0. The summed E-state index contributed by atoms with van der Waals surface area (Å²) < 4.78 is 18.7. The lowest BCUT2D eigenvalue weighted by atomic mass is 10.1. The van der Waals surface area contributed by atoms with Crippen LogP contribution in [0.25, 0.3) is 0 Å². The number of ether oxygens (including phenoxy) is 1. The summed E-state index contributed by atoms with van der Waals surface area (Å²) >= 11 is 0. The van der Waals surface area contributed by atoms with Gasteiger partial charge in [0.1, 0.15) is 11.6 Å². The number of nitrogens with one attached hydrogen (secondary N) is 2. The summed E-state index contributed by atoms with van der Waals surface area (Å²) in [7, 11) is 0. The Morgan fingerprint density at radius 3 is 2.21 bits per heavy atom. The maximum Gasteiger partial charge on any atom is 0.257 e. The number of nitrogens with zero attached hydrogens (tertiary/aromatic N) is 1. The van der Waals surface area contributed by atoms with Crippen molar-refractivity contribution in [3.05, 3.63) is 83.9 Å². The number of benzene rings is 2. The monoisotopic (exact) mass is 393 g/mol. The van der Waals surface area contributed by atoms with Gasteiger partial charge in [-0.1, -0.05) is 12.1 Å². The van der Waals surface area contributed by atoms with E-state index in [0.29, 0.717) is 17.1 Å². The maximum absolute atomic E-state index is 13.0. The molecule has 0 aliphatic carbocycles. The van der Waals surface area contributed by atoms with Crippen molar-refractivity contribution in [2.45, 2.75) is 20.0 Å². The molecule has 2 N–H and O–H groups in total. The van der Waals surface area contributed by atoms with E-state index >= 15 is 0 Å². The van der Waals surface area contributed by atoms with E-state index < -0.39 is 17.6 Å². The van der Waals surface area contributed by atoms with Gasteiger partial charge in [0.2, 0.25) is 0 Å². The largest absolute Gasteiger partial charge is 0.489 e. The molecular weight excluding hydrogens is 373 g/mol. The van der Waals surface area contributed by atoms with E-state index in [0.717, 1.165) is 0 Å². The molecule has 2 amide bonds. The number of pyridine rings is 1. The molecule has 0 fully saturated rings. The third kappa shape index (κ3) is 5.38. The van der Waals surface area contributed by atoms with E-state index in [2.05, 4.69) is 15.6 Å². The Morgan fingerprint density at radius 1 is 0.931 bits per heavy atom. The Hall–Kier alpha value is -3.74. The zero-order valence-electron chi connectivity index (χ0n) is 16.0. The molecule has 0 bridgehead atoms. The Balaban J connectivity index is 1.74. The highest BCUT2D eigenvalue weighted by Gasteiger charge is 2.14. The molecule has 7 heteroatoms. The highest BCUT2D eigenvalue weighted by molar-refractivity contribution is 6.08. The lowest BCUT2D eigenvalue weighted by molar-refractivity contribution is 0.102. The van der Waals surface area contributed by atoms with Gasteiger partial charge in [-0.2, -0.15) is 0 Å². The molecule has 0 unspecified atom stereocenters. The lowest BCUT2D eigenvalue weighted by Gasteiger charge is -2.15. The first kappa shape index (κ1) is 20.0. The fourth-order valence-electron chi connectivity index (χ4n) is 2.55. The van der Waals surface area contributed by atoms with Crippen LogP contribution in [0.3, 0.4) is 0 Å². The van der Waals surface area contributed by atoms with E-state index in [1.54, 1.807) is 18.2 Å². The van der Waals surface area contributed by atoms with Crippen molar-refractivity contribution in [2.24, 2.45) is 0 Å². The molecule has 6 nitrogen and oxygen atoms in total. The molecule has 3 rings (SSSR count). The molecule has 0 atom stereocenters. The van der Waals surface area contributed by atoms with Crippen LogP contribution in [-0.2, 0) is 0 Å². The van der Waals surface area contributed by atoms with Crippen molar-refractivity contribution < 1.29 is 18.7 Å². The summed E-state index contributed by atoms with van der Waals surface area (Å²) in [5.74, 6) is -0.727. The molecule has 0 radical (unpaired) electrons. The van der Waals surface area contributed by atoms with Gasteiger partial charge < -0.3 is 15.4 Å². The van der Waals surface area contributed by atoms with Gasteiger partial charge in [0.05, 0.1) is 22.9 Å². The first-order valence-corrected chi connectivity index (χ1v) is 9.01. The van der Waals surface area contributed by atoms with Crippen LogP contribution in [0, 0.1) is 5.82 Å². The van der Waals surface area contributed by atoms with Crippen molar-refractivity contribution >= 4 is 23.2 Å². The zero-order valence-corrected chi connectivity index (χ0v) is 16.0. The van der Waals surface area contributed by atoms with Gasteiger partial charge in [0.15, 0.2) is 0 Å². The summed E-state index contributed by atoms with van der Waals surface area (Å²) in [4.78, 5) is 29.0. The van der Waals surface area contributed by atoms with Crippen molar-refractivity contribution in [2.75, 3.05) is 10.6 Å². The van der Waals surface area contributed by atoms with Crippen LogP contribution < -0.4 is 15.4 Å². The number of rotatable bonds is 6. The smallest absolute Gasteiger partial charge is 0.257 e. The molecule has 1 heterocycles. The predicted molar refractivity (Wildman–Crippen MR) is 109 cm³/mol. The molecule has 0 saturated heterocycles. The summed E-state index contributed by atoms with van der Waals surface area (Å²) in [5, 5.41) is 5.41. The normalized spacial score (nSPS) is 10.5.